The quantitative estimate of drug-likeness (QED) is 0.175. The van der Waals surface area contributed by atoms with Crippen LogP contribution >= 0.6 is 0 Å². The third kappa shape index (κ3) is 5.25. The van der Waals surface area contributed by atoms with Crippen molar-refractivity contribution in [1.29, 1.82) is 0 Å². The van der Waals surface area contributed by atoms with Crippen LogP contribution in [-0.4, -0.2) is 123 Å². The lowest BCUT2D eigenvalue weighted by atomic mass is 9.80. The molecule has 14 atom stereocenters. The first-order chi connectivity index (χ1) is 15.1. The topological polar surface area (TPSA) is 253 Å². The van der Waals surface area contributed by atoms with E-state index in [4.69, 9.17) is 37.1 Å². The van der Waals surface area contributed by atoms with E-state index in [-0.39, 0.29) is 18.9 Å². The van der Waals surface area contributed by atoms with E-state index < -0.39 is 86.0 Å². The predicted molar refractivity (Wildman–Crippen MR) is 110 cm³/mol. The second kappa shape index (κ2) is 10.8. The van der Waals surface area contributed by atoms with Crippen molar-refractivity contribution in [3.05, 3.63) is 0 Å². The fourth-order valence-corrected chi connectivity index (χ4v) is 4.84. The Labute approximate surface area is 186 Å². The zero-order chi connectivity index (χ0) is 23.7. The van der Waals surface area contributed by atoms with E-state index in [0.29, 0.717) is 12.8 Å². The third-order valence-corrected chi connectivity index (χ3v) is 6.91. The van der Waals surface area contributed by atoms with Crippen molar-refractivity contribution in [3.8, 4) is 0 Å². The minimum atomic E-state index is -1.64. The zero-order valence-corrected chi connectivity index (χ0v) is 17.8. The van der Waals surface area contributed by atoms with Crippen molar-refractivity contribution in [2.24, 2.45) is 28.9 Å². The molecule has 2 saturated carbocycles. The predicted octanol–water partition coefficient (Wildman–Crippen LogP) is -5.60. The van der Waals surface area contributed by atoms with Gasteiger partial charge in [-0.3, -0.25) is 0 Å². The van der Waals surface area contributed by atoms with Gasteiger partial charge in [-0.25, -0.2) is 0 Å². The molecule has 13 heteroatoms. The highest BCUT2D eigenvalue weighted by atomic mass is 16.7. The number of hydrogen-bond donors (Lipinski definition) is 10. The van der Waals surface area contributed by atoms with E-state index in [1.165, 1.54) is 0 Å². The van der Waals surface area contributed by atoms with E-state index >= 15 is 0 Å². The normalized spacial score (nSPS) is 52.7. The lowest BCUT2D eigenvalue weighted by molar-refractivity contribution is -0.325. The summed E-state index contributed by atoms with van der Waals surface area (Å²) in [6.45, 7) is -0.352. The highest BCUT2D eigenvalue weighted by molar-refractivity contribution is 5.01. The Bertz CT molecular complexity index is 605. The Morgan fingerprint density at radius 1 is 0.750 bits per heavy atom. The van der Waals surface area contributed by atoms with Crippen LogP contribution in [0.5, 0.6) is 0 Å². The summed E-state index contributed by atoms with van der Waals surface area (Å²) >= 11 is 0. The van der Waals surface area contributed by atoms with E-state index in [1.807, 2.05) is 0 Å². The molecule has 3 fully saturated rings. The Balaban J connectivity index is 1.70. The first-order valence-electron chi connectivity index (χ1n) is 11.0. The molecule has 0 amide bonds. The molecule has 14 unspecified atom stereocenters. The summed E-state index contributed by atoms with van der Waals surface area (Å²) in [6.07, 6.45) is -11.0. The summed E-state index contributed by atoms with van der Waals surface area (Å²) in [6, 6.07) is -1.86. The van der Waals surface area contributed by atoms with Crippen molar-refractivity contribution in [2.45, 2.75) is 98.6 Å². The second-order valence-corrected chi connectivity index (χ2v) is 9.19. The van der Waals surface area contributed by atoms with Crippen LogP contribution in [0.15, 0.2) is 0 Å². The summed E-state index contributed by atoms with van der Waals surface area (Å²) in [7, 11) is 0. The molecule has 1 saturated heterocycles. The molecule has 0 radical (unpaired) electrons. The lowest BCUT2D eigenvalue weighted by Crippen LogP contribution is -2.67. The first kappa shape index (κ1) is 26.1. The fourth-order valence-electron chi connectivity index (χ4n) is 4.84. The summed E-state index contributed by atoms with van der Waals surface area (Å²) in [5.41, 5.74) is 24.2. The van der Waals surface area contributed by atoms with Crippen LogP contribution < -0.4 is 22.9 Å². The van der Waals surface area contributed by atoms with Gasteiger partial charge in [-0.2, -0.15) is 0 Å². The average molecular weight is 467 g/mol. The van der Waals surface area contributed by atoms with Gasteiger partial charge in [0.05, 0.1) is 18.8 Å². The van der Waals surface area contributed by atoms with Crippen LogP contribution in [0.3, 0.4) is 0 Å². The monoisotopic (exact) mass is 466 g/mol. The summed E-state index contributed by atoms with van der Waals surface area (Å²) in [5, 5.41) is 60.6. The molecule has 3 aliphatic rings. The molecule has 0 aromatic carbocycles. The van der Waals surface area contributed by atoms with Gasteiger partial charge in [-0.05, 0) is 31.7 Å². The maximum absolute atomic E-state index is 11.0. The van der Waals surface area contributed by atoms with Gasteiger partial charge in [-0.1, -0.05) is 0 Å². The van der Waals surface area contributed by atoms with Crippen molar-refractivity contribution in [1.82, 2.24) is 0 Å². The molecule has 1 heterocycles. The van der Waals surface area contributed by atoms with E-state index in [0.717, 1.165) is 0 Å². The molecular formula is C19H38N4O9. The number of nitrogens with two attached hydrogens (primary N) is 4. The number of ether oxygens (including phenoxy) is 3. The summed E-state index contributed by atoms with van der Waals surface area (Å²) < 4.78 is 17.2. The first-order valence-corrected chi connectivity index (χ1v) is 11.0. The molecule has 188 valence electrons. The molecule has 3 rings (SSSR count). The van der Waals surface area contributed by atoms with E-state index in [1.54, 1.807) is 0 Å². The Morgan fingerprint density at radius 3 is 1.97 bits per heavy atom. The Kier molecular flexibility index (Phi) is 8.82. The van der Waals surface area contributed by atoms with Gasteiger partial charge in [0.25, 0.3) is 0 Å². The minimum Gasteiger partial charge on any atom is -0.394 e. The van der Waals surface area contributed by atoms with E-state index in [2.05, 4.69) is 0 Å². The standard InChI is InChI=1S/C19H38N4O9/c20-4-6-1-11(7(21)3-10(6)25)30-17-8(22)2-9(23)18(16(17)29)32-19-15(28)14(27)13(26)12(5-24)31-19/h6-19,24-29H,1-5,20-23H2. The maximum atomic E-state index is 11.0. The maximum Gasteiger partial charge on any atom is 0.187 e. The molecule has 0 spiro atoms. The highest BCUT2D eigenvalue weighted by Crippen LogP contribution is 2.32. The van der Waals surface area contributed by atoms with Crippen molar-refractivity contribution < 1.29 is 44.8 Å². The lowest BCUT2D eigenvalue weighted by Gasteiger charge is -2.47. The molecule has 13 nitrogen and oxygen atoms in total. The second-order valence-electron chi connectivity index (χ2n) is 9.19. The van der Waals surface area contributed by atoms with Crippen LogP contribution in [-0.2, 0) is 14.2 Å². The largest absolute Gasteiger partial charge is 0.394 e. The van der Waals surface area contributed by atoms with Crippen LogP contribution in [0.4, 0.5) is 0 Å². The molecule has 1 aliphatic heterocycles. The van der Waals surface area contributed by atoms with Gasteiger partial charge in [0.1, 0.15) is 42.7 Å². The smallest absolute Gasteiger partial charge is 0.187 e. The molecular weight excluding hydrogens is 428 g/mol. The number of aliphatic hydroxyl groups excluding tert-OH is 6. The van der Waals surface area contributed by atoms with Crippen molar-refractivity contribution >= 4 is 0 Å². The van der Waals surface area contributed by atoms with Gasteiger partial charge in [0.2, 0.25) is 0 Å². The number of rotatable bonds is 6. The third-order valence-electron chi connectivity index (χ3n) is 6.91. The van der Waals surface area contributed by atoms with Crippen LogP contribution in [0.2, 0.25) is 0 Å². The molecule has 14 N–H and O–H groups in total. The van der Waals surface area contributed by atoms with Crippen molar-refractivity contribution in [3.63, 3.8) is 0 Å². The van der Waals surface area contributed by atoms with Gasteiger partial charge in [-0.15, -0.1) is 0 Å². The van der Waals surface area contributed by atoms with Crippen LogP contribution in [0.25, 0.3) is 0 Å². The van der Waals surface area contributed by atoms with Gasteiger partial charge in [0, 0.05) is 18.1 Å². The van der Waals surface area contributed by atoms with Crippen LogP contribution in [0, 0.1) is 5.92 Å². The fraction of sp³-hybridized carbons (Fsp3) is 1.00. The Morgan fingerprint density at radius 2 is 1.38 bits per heavy atom. The summed E-state index contributed by atoms with van der Waals surface area (Å²) in [5.74, 6) is -0.194. The molecule has 32 heavy (non-hydrogen) atoms. The van der Waals surface area contributed by atoms with Crippen LogP contribution in [0.1, 0.15) is 19.3 Å². The average Bonchev–Trinajstić information content (AvgIpc) is 2.75. The molecule has 0 aromatic heterocycles. The number of aliphatic hydroxyl groups is 6. The highest BCUT2D eigenvalue weighted by Gasteiger charge is 2.50. The Hall–Kier alpha value is -0.520. The minimum absolute atomic E-state index is 0.194. The molecule has 0 aromatic rings. The summed E-state index contributed by atoms with van der Waals surface area (Å²) in [4.78, 5) is 0. The van der Waals surface area contributed by atoms with Gasteiger partial charge in [0.15, 0.2) is 6.29 Å². The van der Waals surface area contributed by atoms with E-state index in [9.17, 15) is 30.6 Å². The van der Waals surface area contributed by atoms with Gasteiger partial charge >= 0.3 is 0 Å². The number of hydrogen-bond acceptors (Lipinski definition) is 13. The zero-order valence-electron chi connectivity index (χ0n) is 17.8. The van der Waals surface area contributed by atoms with Gasteiger partial charge < -0.3 is 67.8 Å². The molecule has 0 bridgehead atoms. The SMILES string of the molecule is NCC1CC(OC2C(N)CC(N)C(OC3OC(CO)C(O)C(O)C3O)C2O)C(N)CC1O. The van der Waals surface area contributed by atoms with Crippen molar-refractivity contribution in [2.75, 3.05) is 13.2 Å². The molecule has 2 aliphatic carbocycles.